The standard InChI is InChI=1S/C15H20NO2P/c1-10(2)12-7-6-11-8-9-16(3)15(17)13(11)14(12)19(4,5)18/h6-10H,1-5H3. The molecule has 0 fully saturated rings. The molecule has 0 aliphatic carbocycles. The Bertz CT molecular complexity index is 738. The Labute approximate surface area is 113 Å². The van der Waals surface area contributed by atoms with Crippen molar-refractivity contribution in [1.82, 2.24) is 4.57 Å². The number of pyridine rings is 1. The van der Waals surface area contributed by atoms with Gasteiger partial charge in [-0.2, -0.15) is 0 Å². The van der Waals surface area contributed by atoms with E-state index >= 15 is 0 Å². The van der Waals surface area contributed by atoms with E-state index in [1.54, 1.807) is 31.1 Å². The second-order valence-electron chi connectivity index (χ2n) is 5.70. The molecule has 0 bridgehead atoms. The summed E-state index contributed by atoms with van der Waals surface area (Å²) in [5, 5.41) is 2.23. The Balaban J connectivity index is 3.08. The number of nitrogens with zero attached hydrogens (tertiary/aromatic N) is 1. The first-order chi connectivity index (χ1) is 8.73. The molecule has 0 unspecified atom stereocenters. The Hall–Kier alpha value is -1.34. The fraction of sp³-hybridized carbons (Fsp3) is 0.400. The molecule has 0 N–H and O–H groups in total. The molecule has 1 heterocycles. The van der Waals surface area contributed by atoms with E-state index in [2.05, 4.69) is 13.8 Å². The smallest absolute Gasteiger partial charge is 0.258 e. The van der Waals surface area contributed by atoms with Crippen LogP contribution in [-0.2, 0) is 11.6 Å². The summed E-state index contributed by atoms with van der Waals surface area (Å²) < 4.78 is 14.2. The van der Waals surface area contributed by atoms with Crippen LogP contribution in [0.4, 0.5) is 0 Å². The maximum Gasteiger partial charge on any atom is 0.258 e. The highest BCUT2D eigenvalue weighted by Crippen LogP contribution is 2.40. The minimum atomic E-state index is -2.52. The second kappa shape index (κ2) is 4.64. The fourth-order valence-corrected chi connectivity index (χ4v) is 4.19. The van der Waals surface area contributed by atoms with E-state index < -0.39 is 7.14 Å². The number of aromatic nitrogens is 1. The molecule has 2 rings (SSSR count). The minimum Gasteiger partial charge on any atom is -0.319 e. The summed E-state index contributed by atoms with van der Waals surface area (Å²) in [5.74, 6) is 0.248. The largest absolute Gasteiger partial charge is 0.319 e. The van der Waals surface area contributed by atoms with Gasteiger partial charge in [-0.15, -0.1) is 0 Å². The third-order valence-corrected chi connectivity index (χ3v) is 4.97. The van der Waals surface area contributed by atoms with Gasteiger partial charge in [0, 0.05) is 18.5 Å². The molecule has 4 heteroatoms. The molecular weight excluding hydrogens is 257 g/mol. The molecule has 0 atom stereocenters. The third-order valence-electron chi connectivity index (χ3n) is 3.41. The minimum absolute atomic E-state index is 0.0704. The summed E-state index contributed by atoms with van der Waals surface area (Å²) in [6.07, 6.45) is 1.75. The van der Waals surface area contributed by atoms with Crippen LogP contribution in [0.3, 0.4) is 0 Å². The van der Waals surface area contributed by atoms with E-state index in [1.165, 1.54) is 0 Å². The Morgan fingerprint density at radius 3 is 2.32 bits per heavy atom. The van der Waals surface area contributed by atoms with Gasteiger partial charge in [-0.05, 0) is 36.3 Å². The van der Waals surface area contributed by atoms with Crippen LogP contribution in [0.1, 0.15) is 25.3 Å². The topological polar surface area (TPSA) is 39.1 Å². The summed E-state index contributed by atoms with van der Waals surface area (Å²) >= 11 is 0. The van der Waals surface area contributed by atoms with Gasteiger partial charge in [0.15, 0.2) is 0 Å². The summed E-state index contributed by atoms with van der Waals surface area (Å²) in [5.41, 5.74) is 0.947. The van der Waals surface area contributed by atoms with E-state index in [1.807, 2.05) is 18.2 Å². The number of rotatable bonds is 2. The number of aryl methyl sites for hydroxylation is 1. The van der Waals surface area contributed by atoms with Crippen LogP contribution >= 0.6 is 7.14 Å². The molecule has 0 spiro atoms. The van der Waals surface area contributed by atoms with Crippen LogP contribution in [0.2, 0.25) is 0 Å². The lowest BCUT2D eigenvalue weighted by molar-refractivity contribution is 0.588. The molecule has 0 saturated heterocycles. The maximum absolute atomic E-state index is 12.7. The summed E-state index contributed by atoms with van der Waals surface area (Å²) in [4.78, 5) is 12.4. The van der Waals surface area contributed by atoms with Crippen molar-refractivity contribution in [2.45, 2.75) is 19.8 Å². The Morgan fingerprint density at radius 1 is 1.16 bits per heavy atom. The molecule has 0 radical (unpaired) electrons. The Kier molecular flexibility index (Phi) is 3.44. The number of benzene rings is 1. The van der Waals surface area contributed by atoms with Gasteiger partial charge in [-0.1, -0.05) is 26.0 Å². The highest BCUT2D eigenvalue weighted by Gasteiger charge is 2.23. The van der Waals surface area contributed by atoms with Crippen molar-refractivity contribution in [3.63, 3.8) is 0 Å². The number of fused-ring (bicyclic) bond motifs is 1. The van der Waals surface area contributed by atoms with Gasteiger partial charge in [0.1, 0.15) is 7.14 Å². The molecule has 1 aromatic carbocycles. The predicted octanol–water partition coefficient (Wildman–Crippen LogP) is 2.91. The molecule has 0 aliphatic heterocycles. The second-order valence-corrected chi connectivity index (χ2v) is 8.85. The first-order valence-electron chi connectivity index (χ1n) is 6.41. The van der Waals surface area contributed by atoms with Crippen LogP contribution in [0.5, 0.6) is 0 Å². The van der Waals surface area contributed by atoms with Gasteiger partial charge < -0.3 is 9.13 Å². The van der Waals surface area contributed by atoms with Crippen molar-refractivity contribution < 1.29 is 4.57 Å². The van der Waals surface area contributed by atoms with Crippen LogP contribution in [0, 0.1) is 0 Å². The van der Waals surface area contributed by atoms with Gasteiger partial charge in [0.2, 0.25) is 0 Å². The zero-order chi connectivity index (χ0) is 14.4. The van der Waals surface area contributed by atoms with E-state index in [0.29, 0.717) is 5.39 Å². The summed E-state index contributed by atoms with van der Waals surface area (Å²) in [6.45, 7) is 7.60. The van der Waals surface area contributed by atoms with Crippen LogP contribution in [0.15, 0.2) is 29.2 Å². The van der Waals surface area contributed by atoms with Crippen molar-refractivity contribution >= 4 is 23.2 Å². The SMILES string of the molecule is CC(C)c1ccc2ccn(C)c(=O)c2c1P(C)(C)=O. The normalized spacial score (nSPS) is 12.3. The van der Waals surface area contributed by atoms with E-state index in [9.17, 15) is 9.36 Å². The van der Waals surface area contributed by atoms with Gasteiger partial charge in [0.05, 0.1) is 5.39 Å². The summed E-state index contributed by atoms with van der Waals surface area (Å²) in [7, 11) is -0.789. The predicted molar refractivity (Wildman–Crippen MR) is 82.4 cm³/mol. The molecule has 2 aromatic rings. The molecule has 3 nitrogen and oxygen atoms in total. The van der Waals surface area contributed by atoms with E-state index in [-0.39, 0.29) is 11.5 Å². The Morgan fingerprint density at radius 2 is 1.79 bits per heavy atom. The lowest BCUT2D eigenvalue weighted by Crippen LogP contribution is -2.24. The van der Waals surface area contributed by atoms with Crippen molar-refractivity contribution in [3.05, 3.63) is 40.3 Å². The molecule has 19 heavy (non-hydrogen) atoms. The van der Waals surface area contributed by atoms with Crippen LogP contribution in [-0.4, -0.2) is 17.9 Å². The van der Waals surface area contributed by atoms with Crippen LogP contribution < -0.4 is 10.9 Å². The zero-order valence-corrected chi connectivity index (χ0v) is 13.0. The lowest BCUT2D eigenvalue weighted by atomic mass is 10.00. The first-order valence-corrected chi connectivity index (χ1v) is 9.01. The monoisotopic (exact) mass is 277 g/mol. The summed E-state index contributed by atoms with van der Waals surface area (Å²) in [6, 6.07) is 5.85. The number of hydrogen-bond donors (Lipinski definition) is 0. The third kappa shape index (κ3) is 2.40. The maximum atomic E-state index is 12.7. The van der Waals surface area contributed by atoms with Crippen molar-refractivity contribution in [3.8, 4) is 0 Å². The van der Waals surface area contributed by atoms with Crippen molar-refractivity contribution in [1.29, 1.82) is 0 Å². The average molecular weight is 277 g/mol. The average Bonchev–Trinajstić information content (AvgIpc) is 2.31. The van der Waals surface area contributed by atoms with Crippen molar-refractivity contribution in [2.75, 3.05) is 13.3 Å². The lowest BCUT2D eigenvalue weighted by Gasteiger charge is -2.19. The first kappa shape index (κ1) is 14.1. The fourth-order valence-electron chi connectivity index (χ4n) is 2.47. The van der Waals surface area contributed by atoms with E-state index in [0.717, 1.165) is 16.3 Å². The van der Waals surface area contributed by atoms with Gasteiger partial charge in [-0.25, -0.2) is 0 Å². The van der Waals surface area contributed by atoms with E-state index in [4.69, 9.17) is 0 Å². The molecular formula is C15H20NO2P. The highest BCUT2D eigenvalue weighted by molar-refractivity contribution is 7.70. The van der Waals surface area contributed by atoms with Gasteiger partial charge in [0.25, 0.3) is 5.56 Å². The quantitative estimate of drug-likeness (QED) is 0.792. The molecule has 1 aromatic heterocycles. The van der Waals surface area contributed by atoms with Gasteiger partial charge in [-0.3, -0.25) is 4.79 Å². The van der Waals surface area contributed by atoms with Crippen molar-refractivity contribution in [2.24, 2.45) is 7.05 Å². The zero-order valence-electron chi connectivity index (χ0n) is 12.1. The molecule has 0 aliphatic rings. The highest BCUT2D eigenvalue weighted by atomic mass is 31.2. The molecule has 0 amide bonds. The van der Waals surface area contributed by atoms with Gasteiger partial charge >= 0.3 is 0 Å². The molecule has 0 saturated carbocycles. The molecule has 102 valence electrons. The number of hydrogen-bond acceptors (Lipinski definition) is 2. The van der Waals surface area contributed by atoms with Crippen LogP contribution in [0.25, 0.3) is 10.8 Å².